The molecule has 0 amide bonds. The van der Waals surface area contributed by atoms with Crippen LogP contribution in [0.15, 0.2) is 0 Å². The van der Waals surface area contributed by atoms with Crippen molar-refractivity contribution < 1.29 is 23.8 Å². The highest BCUT2D eigenvalue weighted by molar-refractivity contribution is 5.71. The van der Waals surface area contributed by atoms with Crippen LogP contribution >= 0.6 is 0 Å². The lowest BCUT2D eigenvalue weighted by atomic mass is 10.1. The Hall–Kier alpha value is -1.26. The van der Waals surface area contributed by atoms with Crippen LogP contribution in [-0.2, 0) is 19.0 Å². The summed E-state index contributed by atoms with van der Waals surface area (Å²) < 4.78 is 14.4. The zero-order valence-corrected chi connectivity index (χ0v) is 11.7. The van der Waals surface area contributed by atoms with Crippen molar-refractivity contribution in [2.45, 2.75) is 40.5 Å². The van der Waals surface area contributed by atoms with Gasteiger partial charge < -0.3 is 14.2 Å². The normalized spacial score (nSPS) is 10.6. The van der Waals surface area contributed by atoms with Crippen LogP contribution in [0.2, 0.25) is 0 Å². The van der Waals surface area contributed by atoms with E-state index in [2.05, 4.69) is 13.8 Å². The standard InChI is InChI=1S/C13H24O5/c1-10(2)6-5-7-17-13(15)18-9-8-16-12(14)11(3)4/h10-11H,5-9H2,1-4H3. The summed E-state index contributed by atoms with van der Waals surface area (Å²) in [5, 5.41) is 0. The van der Waals surface area contributed by atoms with Crippen molar-refractivity contribution in [1.29, 1.82) is 0 Å². The van der Waals surface area contributed by atoms with Gasteiger partial charge in [0.05, 0.1) is 12.5 Å². The zero-order chi connectivity index (χ0) is 14.0. The van der Waals surface area contributed by atoms with E-state index in [4.69, 9.17) is 14.2 Å². The maximum atomic E-state index is 11.1. The molecule has 0 atom stereocenters. The fourth-order valence-corrected chi connectivity index (χ4v) is 1.12. The Labute approximate surface area is 109 Å². The van der Waals surface area contributed by atoms with Gasteiger partial charge in [0.2, 0.25) is 0 Å². The third-order valence-corrected chi connectivity index (χ3v) is 2.16. The highest BCUT2D eigenvalue weighted by atomic mass is 16.7. The van der Waals surface area contributed by atoms with E-state index in [1.165, 1.54) is 0 Å². The predicted octanol–water partition coefficient (Wildman–Crippen LogP) is 2.78. The minimum atomic E-state index is -0.709. The van der Waals surface area contributed by atoms with Gasteiger partial charge in [-0.1, -0.05) is 27.7 Å². The molecule has 0 spiro atoms. The van der Waals surface area contributed by atoms with Crippen molar-refractivity contribution in [2.24, 2.45) is 11.8 Å². The quantitative estimate of drug-likeness (QED) is 0.496. The first-order valence-electron chi connectivity index (χ1n) is 6.39. The number of carbonyl (C=O) groups excluding carboxylic acids is 2. The monoisotopic (exact) mass is 260 g/mol. The van der Waals surface area contributed by atoms with E-state index >= 15 is 0 Å². The van der Waals surface area contributed by atoms with Gasteiger partial charge in [0.25, 0.3) is 0 Å². The molecule has 0 heterocycles. The minimum absolute atomic E-state index is 0.0292. The smallest absolute Gasteiger partial charge is 0.462 e. The maximum absolute atomic E-state index is 11.1. The third kappa shape index (κ3) is 9.93. The molecule has 0 aromatic heterocycles. The molecule has 0 aliphatic rings. The lowest BCUT2D eigenvalue weighted by Crippen LogP contribution is -2.17. The van der Waals surface area contributed by atoms with E-state index in [0.717, 1.165) is 12.8 Å². The average Bonchev–Trinajstić information content (AvgIpc) is 2.29. The van der Waals surface area contributed by atoms with Crippen LogP contribution in [0, 0.1) is 11.8 Å². The van der Waals surface area contributed by atoms with Crippen molar-refractivity contribution in [1.82, 2.24) is 0 Å². The van der Waals surface area contributed by atoms with Crippen molar-refractivity contribution in [3.05, 3.63) is 0 Å². The molecule has 0 saturated heterocycles. The topological polar surface area (TPSA) is 61.8 Å². The lowest BCUT2D eigenvalue weighted by Gasteiger charge is -2.08. The maximum Gasteiger partial charge on any atom is 0.508 e. The molecule has 0 unspecified atom stereocenters. The molecule has 0 N–H and O–H groups in total. The van der Waals surface area contributed by atoms with Gasteiger partial charge in [-0.3, -0.25) is 4.79 Å². The van der Waals surface area contributed by atoms with E-state index in [9.17, 15) is 9.59 Å². The second-order valence-corrected chi connectivity index (χ2v) is 4.81. The fraction of sp³-hybridized carbons (Fsp3) is 0.846. The summed E-state index contributed by atoms with van der Waals surface area (Å²) in [6.45, 7) is 8.17. The van der Waals surface area contributed by atoms with Crippen molar-refractivity contribution in [3.63, 3.8) is 0 Å². The summed E-state index contributed by atoms with van der Waals surface area (Å²) in [6, 6.07) is 0. The van der Waals surface area contributed by atoms with E-state index in [1.807, 2.05) is 0 Å². The van der Waals surface area contributed by atoms with Gasteiger partial charge in [-0.2, -0.15) is 0 Å². The van der Waals surface area contributed by atoms with Crippen LogP contribution in [0.4, 0.5) is 4.79 Å². The third-order valence-electron chi connectivity index (χ3n) is 2.16. The van der Waals surface area contributed by atoms with Crippen molar-refractivity contribution in [2.75, 3.05) is 19.8 Å². The molecule has 5 nitrogen and oxygen atoms in total. The number of hydrogen-bond acceptors (Lipinski definition) is 5. The average molecular weight is 260 g/mol. The molecule has 0 saturated carbocycles. The van der Waals surface area contributed by atoms with Crippen molar-refractivity contribution >= 4 is 12.1 Å². The Morgan fingerprint density at radius 3 is 2.00 bits per heavy atom. The Kier molecular flexibility index (Phi) is 9.06. The molecular weight excluding hydrogens is 236 g/mol. The summed E-state index contributed by atoms with van der Waals surface area (Å²) in [4.78, 5) is 22.1. The highest BCUT2D eigenvalue weighted by Crippen LogP contribution is 2.03. The Bertz CT molecular complexity index is 248. The molecule has 5 heteroatoms. The number of hydrogen-bond donors (Lipinski definition) is 0. The zero-order valence-electron chi connectivity index (χ0n) is 11.7. The SMILES string of the molecule is CC(C)CCCOC(=O)OCCOC(=O)C(C)C. The molecule has 0 radical (unpaired) electrons. The molecule has 0 fully saturated rings. The summed E-state index contributed by atoms with van der Waals surface area (Å²) in [5.41, 5.74) is 0. The first kappa shape index (κ1) is 16.7. The number of ether oxygens (including phenoxy) is 3. The minimum Gasteiger partial charge on any atom is -0.462 e. The molecule has 18 heavy (non-hydrogen) atoms. The Balaban J connectivity index is 3.40. The summed E-state index contributed by atoms with van der Waals surface area (Å²) in [6.07, 6.45) is 1.13. The Morgan fingerprint density at radius 1 is 0.889 bits per heavy atom. The lowest BCUT2D eigenvalue weighted by molar-refractivity contribution is -0.148. The van der Waals surface area contributed by atoms with Gasteiger partial charge in [-0.05, 0) is 18.8 Å². The van der Waals surface area contributed by atoms with Gasteiger partial charge in [-0.25, -0.2) is 4.79 Å². The molecule has 0 bridgehead atoms. The van der Waals surface area contributed by atoms with Crippen LogP contribution in [-0.4, -0.2) is 31.9 Å². The number of carbonyl (C=O) groups is 2. The Morgan fingerprint density at radius 2 is 1.44 bits per heavy atom. The van der Waals surface area contributed by atoms with Crippen molar-refractivity contribution in [3.8, 4) is 0 Å². The molecule has 0 aromatic carbocycles. The molecule has 0 aliphatic carbocycles. The molecular formula is C13H24O5. The van der Waals surface area contributed by atoms with Gasteiger partial charge in [0, 0.05) is 0 Å². The van der Waals surface area contributed by atoms with E-state index < -0.39 is 6.16 Å². The van der Waals surface area contributed by atoms with Crippen LogP contribution in [0.5, 0.6) is 0 Å². The number of rotatable bonds is 8. The summed E-state index contributed by atoms with van der Waals surface area (Å²) in [7, 11) is 0. The first-order chi connectivity index (χ1) is 8.43. The fourth-order valence-electron chi connectivity index (χ4n) is 1.12. The highest BCUT2D eigenvalue weighted by Gasteiger charge is 2.09. The second-order valence-electron chi connectivity index (χ2n) is 4.81. The second kappa shape index (κ2) is 9.74. The summed E-state index contributed by atoms with van der Waals surface area (Å²) >= 11 is 0. The van der Waals surface area contributed by atoms with Crippen LogP contribution in [0.25, 0.3) is 0 Å². The summed E-state index contributed by atoms with van der Waals surface area (Å²) in [5.74, 6) is 0.122. The van der Waals surface area contributed by atoms with Crippen LogP contribution < -0.4 is 0 Å². The van der Waals surface area contributed by atoms with Crippen LogP contribution in [0.1, 0.15) is 40.5 Å². The van der Waals surface area contributed by atoms with Gasteiger partial charge in [0.1, 0.15) is 13.2 Å². The largest absolute Gasteiger partial charge is 0.508 e. The molecule has 0 aliphatic heterocycles. The first-order valence-corrected chi connectivity index (χ1v) is 6.39. The molecule has 106 valence electrons. The van der Waals surface area contributed by atoms with E-state index in [0.29, 0.717) is 12.5 Å². The molecule has 0 aromatic rings. The van der Waals surface area contributed by atoms with E-state index in [-0.39, 0.29) is 25.1 Å². The van der Waals surface area contributed by atoms with Gasteiger partial charge in [0.15, 0.2) is 0 Å². The van der Waals surface area contributed by atoms with Gasteiger partial charge in [-0.15, -0.1) is 0 Å². The van der Waals surface area contributed by atoms with Gasteiger partial charge >= 0.3 is 12.1 Å². The molecule has 0 rings (SSSR count). The van der Waals surface area contributed by atoms with Crippen LogP contribution in [0.3, 0.4) is 0 Å². The van der Waals surface area contributed by atoms with E-state index in [1.54, 1.807) is 13.8 Å². The predicted molar refractivity (Wildman–Crippen MR) is 67.2 cm³/mol. The number of esters is 1.